The molecule has 6 heteroatoms. The quantitative estimate of drug-likeness (QED) is 0.701. The average molecular weight is 308 g/mol. The number of benzene rings is 2. The SMILES string of the molecule is [F][Ge-]12([O]c3ccccc3[O]1)[O]c1ccccc1[O]2. The van der Waals surface area contributed by atoms with Crippen molar-refractivity contribution in [1.82, 2.24) is 0 Å². The summed E-state index contributed by atoms with van der Waals surface area (Å²) < 4.78 is 36.2. The van der Waals surface area contributed by atoms with Gasteiger partial charge in [-0.15, -0.1) is 0 Å². The molecule has 1 spiro atoms. The van der Waals surface area contributed by atoms with Crippen LogP contribution in [0.2, 0.25) is 0 Å². The van der Waals surface area contributed by atoms with Gasteiger partial charge in [0.05, 0.1) is 0 Å². The third-order valence-electron chi connectivity index (χ3n) is 2.79. The van der Waals surface area contributed by atoms with Crippen LogP contribution in [-0.2, 0) is 0 Å². The van der Waals surface area contributed by atoms with Crippen molar-refractivity contribution < 1.29 is 18.6 Å². The van der Waals surface area contributed by atoms with E-state index in [0.717, 1.165) is 0 Å². The van der Waals surface area contributed by atoms with E-state index < -0.39 is 14.0 Å². The fraction of sp³-hybridized carbons (Fsp3) is 0. The van der Waals surface area contributed by atoms with E-state index >= 15 is 3.50 Å². The molecule has 18 heavy (non-hydrogen) atoms. The summed E-state index contributed by atoms with van der Waals surface area (Å²) in [6, 6.07) is 13.4. The van der Waals surface area contributed by atoms with Crippen LogP contribution in [0.25, 0.3) is 0 Å². The third kappa shape index (κ3) is 1.25. The van der Waals surface area contributed by atoms with E-state index in [2.05, 4.69) is 0 Å². The molecule has 2 heterocycles. The van der Waals surface area contributed by atoms with Gasteiger partial charge in [0, 0.05) is 0 Å². The van der Waals surface area contributed by atoms with Gasteiger partial charge in [0.25, 0.3) is 0 Å². The Morgan fingerprint density at radius 3 is 1.17 bits per heavy atom. The molecule has 2 aromatic carbocycles. The molecule has 2 aliphatic rings. The van der Waals surface area contributed by atoms with Gasteiger partial charge in [-0.3, -0.25) is 0 Å². The number of hydrogen-bond donors (Lipinski definition) is 0. The molecular weight excluding hydrogens is 300 g/mol. The number of para-hydroxylation sites is 4. The fourth-order valence-electron chi connectivity index (χ4n) is 2.07. The second-order valence-electron chi connectivity index (χ2n) is 4.11. The topological polar surface area (TPSA) is 36.9 Å². The summed E-state index contributed by atoms with van der Waals surface area (Å²) >= 11 is -5.82. The van der Waals surface area contributed by atoms with Crippen LogP contribution < -0.4 is 15.1 Å². The summed E-state index contributed by atoms with van der Waals surface area (Å²) in [5.41, 5.74) is 0. The van der Waals surface area contributed by atoms with Crippen LogP contribution >= 0.6 is 0 Å². The van der Waals surface area contributed by atoms with Gasteiger partial charge in [0.15, 0.2) is 0 Å². The van der Waals surface area contributed by atoms with Crippen molar-refractivity contribution in [3.63, 3.8) is 0 Å². The van der Waals surface area contributed by atoms with Crippen molar-refractivity contribution in [1.29, 1.82) is 0 Å². The summed E-state index contributed by atoms with van der Waals surface area (Å²) in [5, 5.41) is 0. The zero-order valence-corrected chi connectivity index (χ0v) is 11.2. The third-order valence-corrected chi connectivity index (χ3v) is 7.38. The predicted octanol–water partition coefficient (Wildman–Crippen LogP) is 2.79. The van der Waals surface area contributed by atoms with Crippen LogP contribution in [0, 0.1) is 0 Å². The Balaban J connectivity index is 1.80. The summed E-state index contributed by atoms with van der Waals surface area (Å²) in [4.78, 5) is 0. The number of rotatable bonds is 0. The van der Waals surface area contributed by atoms with Gasteiger partial charge in [-0.2, -0.15) is 0 Å². The van der Waals surface area contributed by atoms with Crippen LogP contribution in [0.5, 0.6) is 23.0 Å². The number of fused-ring (bicyclic) bond motifs is 2. The molecule has 0 amide bonds. The molecule has 0 saturated heterocycles. The van der Waals surface area contributed by atoms with Gasteiger partial charge in [-0.25, -0.2) is 0 Å². The molecule has 2 aromatic rings. The Morgan fingerprint density at radius 1 is 0.611 bits per heavy atom. The van der Waals surface area contributed by atoms with E-state index in [-0.39, 0.29) is 0 Å². The number of hydrogen-bond acceptors (Lipinski definition) is 4. The molecular formula is C12H8FGeO4-. The Morgan fingerprint density at radius 2 is 0.889 bits per heavy atom. The van der Waals surface area contributed by atoms with E-state index in [1.54, 1.807) is 48.5 Å². The first-order valence-electron chi connectivity index (χ1n) is 5.48. The molecule has 0 fully saturated rings. The first-order valence-corrected chi connectivity index (χ1v) is 9.70. The maximum atomic E-state index is 15.1. The van der Waals surface area contributed by atoms with Gasteiger partial charge < -0.3 is 0 Å². The standard InChI is InChI=1S/C12H8FGeO4/c13-14(15-9-5-1-2-6-10(9)16-14)17-11-7-3-4-8-12(11)18-14/h1-8H/q-1. The normalized spacial score (nSPS) is 22.4. The molecule has 0 aromatic heterocycles. The van der Waals surface area contributed by atoms with E-state index in [0.29, 0.717) is 23.0 Å². The zero-order chi connectivity index (χ0) is 12.2. The molecule has 4 nitrogen and oxygen atoms in total. The monoisotopic (exact) mass is 309 g/mol. The van der Waals surface area contributed by atoms with Gasteiger partial charge in [-0.05, 0) is 0 Å². The van der Waals surface area contributed by atoms with Gasteiger partial charge in [-0.1, -0.05) is 0 Å². The van der Waals surface area contributed by atoms with Crippen molar-refractivity contribution in [3.8, 4) is 23.0 Å². The second kappa shape index (κ2) is 2.92. The van der Waals surface area contributed by atoms with E-state index in [1.807, 2.05) is 0 Å². The molecule has 0 atom stereocenters. The van der Waals surface area contributed by atoms with Gasteiger partial charge >= 0.3 is 104 Å². The minimum absolute atomic E-state index is 0.310. The Kier molecular flexibility index (Phi) is 1.63. The van der Waals surface area contributed by atoms with Crippen LogP contribution in [0.15, 0.2) is 48.5 Å². The molecule has 2 aliphatic heterocycles. The number of halogens is 1. The van der Waals surface area contributed by atoms with Gasteiger partial charge in [0.1, 0.15) is 0 Å². The molecule has 0 bridgehead atoms. The summed E-state index contributed by atoms with van der Waals surface area (Å²) in [5.74, 6) is 1.24. The van der Waals surface area contributed by atoms with Crippen molar-refractivity contribution in [3.05, 3.63) is 48.5 Å². The minimum atomic E-state index is -5.82. The molecule has 0 saturated carbocycles. The van der Waals surface area contributed by atoms with Crippen LogP contribution in [-0.4, -0.2) is 14.0 Å². The van der Waals surface area contributed by atoms with Crippen LogP contribution in [0.3, 0.4) is 0 Å². The summed E-state index contributed by atoms with van der Waals surface area (Å²) in [7, 11) is 0. The van der Waals surface area contributed by atoms with Crippen molar-refractivity contribution in [2.45, 2.75) is 0 Å². The van der Waals surface area contributed by atoms with E-state index in [4.69, 9.17) is 15.1 Å². The first kappa shape index (κ1) is 10.1. The van der Waals surface area contributed by atoms with Crippen LogP contribution in [0.4, 0.5) is 3.50 Å². The van der Waals surface area contributed by atoms with Gasteiger partial charge in [0.2, 0.25) is 0 Å². The molecule has 0 radical (unpaired) electrons. The Hall–Kier alpha value is -1.89. The molecule has 0 aliphatic carbocycles. The van der Waals surface area contributed by atoms with E-state index in [9.17, 15) is 0 Å². The van der Waals surface area contributed by atoms with Crippen LogP contribution in [0.1, 0.15) is 0 Å². The van der Waals surface area contributed by atoms with Crippen molar-refractivity contribution in [2.24, 2.45) is 0 Å². The predicted molar refractivity (Wildman–Crippen MR) is 62.3 cm³/mol. The maximum absolute atomic E-state index is 15.1. The zero-order valence-electron chi connectivity index (χ0n) is 9.13. The average Bonchev–Trinajstić information content (AvgIpc) is 2.81. The molecule has 92 valence electrons. The summed E-state index contributed by atoms with van der Waals surface area (Å²) in [6.45, 7) is 0. The van der Waals surface area contributed by atoms with E-state index in [1.165, 1.54) is 0 Å². The summed E-state index contributed by atoms with van der Waals surface area (Å²) in [6.07, 6.45) is 0. The Labute approximate surface area is 104 Å². The second-order valence-corrected chi connectivity index (χ2v) is 9.22. The molecule has 0 N–H and O–H groups in total. The fourth-order valence-corrected chi connectivity index (χ4v) is 6.97. The van der Waals surface area contributed by atoms with Crippen molar-refractivity contribution >= 4 is 14.0 Å². The molecule has 0 unspecified atom stereocenters. The first-order chi connectivity index (χ1) is 8.64. The van der Waals surface area contributed by atoms with Crippen molar-refractivity contribution in [2.75, 3.05) is 0 Å². The molecule has 4 rings (SSSR count). The Bertz CT molecular complexity index is 547.